The van der Waals surface area contributed by atoms with Crippen molar-refractivity contribution < 1.29 is 0 Å². The molecule has 0 aliphatic carbocycles. The highest BCUT2D eigenvalue weighted by molar-refractivity contribution is 6.69. The predicted octanol–water partition coefficient (Wildman–Crippen LogP) is 2.46. The quantitative estimate of drug-likeness (QED) is 0.515. The van der Waals surface area contributed by atoms with Gasteiger partial charge in [-0.3, -0.25) is 0 Å². The maximum Gasteiger partial charge on any atom is 0.0838 e. The van der Waals surface area contributed by atoms with Crippen LogP contribution in [0.4, 0.5) is 0 Å². The third kappa shape index (κ3) is 4.22. The molecule has 0 unspecified atom stereocenters. The Kier molecular flexibility index (Phi) is 5.63. The lowest BCUT2D eigenvalue weighted by molar-refractivity contribution is 0.878. The molecular weight excluding hydrogens is 124 g/mol. The average molecular weight is 140 g/mol. The van der Waals surface area contributed by atoms with Crippen LogP contribution in [0.25, 0.3) is 0 Å². The fourth-order valence-electron chi connectivity index (χ4n) is 0.772. The van der Waals surface area contributed by atoms with Crippen LogP contribution in [0.15, 0.2) is 24.6 Å². The molecule has 0 spiro atoms. The van der Waals surface area contributed by atoms with E-state index >= 15 is 0 Å². The second-order valence-electron chi connectivity index (χ2n) is 2.28. The molecule has 0 atom stereocenters. The van der Waals surface area contributed by atoms with Crippen molar-refractivity contribution in [2.24, 2.45) is 0 Å². The number of hydrogen-bond donors (Lipinski definition) is 0. The van der Waals surface area contributed by atoms with Gasteiger partial charge >= 0.3 is 0 Å². The van der Waals surface area contributed by atoms with Gasteiger partial charge in [-0.25, -0.2) is 0 Å². The lowest BCUT2D eigenvalue weighted by atomic mass is 10.4. The van der Waals surface area contributed by atoms with E-state index in [1.807, 2.05) is 0 Å². The Balaban J connectivity index is 3.30. The van der Waals surface area contributed by atoms with Crippen molar-refractivity contribution >= 4 is 8.80 Å². The van der Waals surface area contributed by atoms with Crippen molar-refractivity contribution in [3.05, 3.63) is 24.6 Å². The molecule has 52 valence electrons. The molecule has 0 amide bonds. The smallest absolute Gasteiger partial charge is 0.0838 e. The molecule has 0 nitrogen and oxygen atoms in total. The topological polar surface area (TPSA) is 0 Å². The van der Waals surface area contributed by atoms with Crippen LogP contribution in [0.3, 0.4) is 0 Å². The Morgan fingerprint density at radius 1 is 1.33 bits per heavy atom. The number of unbranched alkanes of at least 4 members (excludes halogenated alkanes) is 1. The Morgan fingerprint density at radius 3 is 2.22 bits per heavy atom. The summed E-state index contributed by atoms with van der Waals surface area (Å²) in [5.74, 6) is 0. The summed E-state index contributed by atoms with van der Waals surface area (Å²) in [6, 6.07) is 1.35. The molecule has 0 heterocycles. The summed E-state index contributed by atoms with van der Waals surface area (Å²) in [5, 5.41) is 0. The van der Waals surface area contributed by atoms with Gasteiger partial charge in [-0.05, 0) is 0 Å². The van der Waals surface area contributed by atoms with E-state index in [4.69, 9.17) is 0 Å². The lowest BCUT2D eigenvalue weighted by Crippen LogP contribution is -2.03. The van der Waals surface area contributed by atoms with E-state index < -0.39 is 8.80 Å². The molecule has 9 heavy (non-hydrogen) atoms. The Bertz CT molecular complexity index is 78.6. The standard InChI is InChI=1S/C8H16Si/c1-4-7-8-9(5-2)6-3/h5-6,9H,2-4,7-8H2,1H3. The minimum absolute atomic E-state index is 0.682. The molecular formula is C8H16Si. The summed E-state index contributed by atoms with van der Waals surface area (Å²) in [6.45, 7) is 9.77. The van der Waals surface area contributed by atoms with Crippen LogP contribution in [0.2, 0.25) is 6.04 Å². The third-order valence-corrected chi connectivity index (χ3v) is 3.78. The Labute approximate surface area is 59.9 Å². The van der Waals surface area contributed by atoms with Gasteiger partial charge in [-0.2, -0.15) is 0 Å². The van der Waals surface area contributed by atoms with Gasteiger partial charge < -0.3 is 0 Å². The van der Waals surface area contributed by atoms with E-state index in [1.54, 1.807) is 0 Å². The van der Waals surface area contributed by atoms with Gasteiger partial charge in [-0.1, -0.05) is 25.8 Å². The summed E-state index contributed by atoms with van der Waals surface area (Å²) < 4.78 is 0. The van der Waals surface area contributed by atoms with Gasteiger partial charge in [0.2, 0.25) is 0 Å². The third-order valence-electron chi connectivity index (χ3n) is 1.50. The monoisotopic (exact) mass is 140 g/mol. The fraction of sp³-hybridized carbons (Fsp3) is 0.500. The van der Waals surface area contributed by atoms with Gasteiger partial charge in [0.05, 0.1) is 8.80 Å². The molecule has 0 bridgehead atoms. The van der Waals surface area contributed by atoms with Crippen LogP contribution in [0.1, 0.15) is 19.8 Å². The Morgan fingerprint density at radius 2 is 1.89 bits per heavy atom. The Hall–Kier alpha value is -0.303. The van der Waals surface area contributed by atoms with E-state index in [2.05, 4.69) is 31.5 Å². The maximum atomic E-state index is 3.78. The molecule has 0 rings (SSSR count). The first-order valence-corrected chi connectivity index (χ1v) is 5.75. The van der Waals surface area contributed by atoms with Gasteiger partial charge in [0.25, 0.3) is 0 Å². The highest BCUT2D eigenvalue weighted by atomic mass is 28.3. The maximum absolute atomic E-state index is 3.78. The largest absolute Gasteiger partial charge is 0.107 e. The number of hydrogen-bond acceptors (Lipinski definition) is 0. The van der Waals surface area contributed by atoms with Crippen molar-refractivity contribution in [3.8, 4) is 0 Å². The summed E-state index contributed by atoms with van der Waals surface area (Å²) >= 11 is 0. The molecule has 0 saturated heterocycles. The van der Waals surface area contributed by atoms with Crippen molar-refractivity contribution in [1.29, 1.82) is 0 Å². The van der Waals surface area contributed by atoms with Crippen molar-refractivity contribution in [2.75, 3.05) is 0 Å². The van der Waals surface area contributed by atoms with Crippen LogP contribution in [-0.2, 0) is 0 Å². The summed E-state index contributed by atoms with van der Waals surface area (Å²) in [5.41, 5.74) is 4.20. The molecule has 1 heteroatoms. The lowest BCUT2D eigenvalue weighted by Gasteiger charge is -2.00. The van der Waals surface area contributed by atoms with Crippen molar-refractivity contribution in [2.45, 2.75) is 25.8 Å². The van der Waals surface area contributed by atoms with E-state index in [9.17, 15) is 0 Å². The molecule has 0 fully saturated rings. The summed E-state index contributed by atoms with van der Waals surface area (Å²) in [7, 11) is -0.682. The van der Waals surface area contributed by atoms with Gasteiger partial charge in [0.15, 0.2) is 0 Å². The fourth-order valence-corrected chi connectivity index (χ4v) is 2.32. The molecule has 0 aromatic heterocycles. The molecule has 0 aromatic rings. The normalized spacial score (nSPS) is 9.56. The summed E-state index contributed by atoms with van der Waals surface area (Å²) in [4.78, 5) is 0. The first kappa shape index (κ1) is 8.70. The van der Waals surface area contributed by atoms with Gasteiger partial charge in [0.1, 0.15) is 0 Å². The molecule has 0 N–H and O–H groups in total. The zero-order valence-electron chi connectivity index (χ0n) is 6.27. The first-order valence-electron chi connectivity index (χ1n) is 3.60. The van der Waals surface area contributed by atoms with E-state index in [0.717, 1.165) is 0 Å². The highest BCUT2D eigenvalue weighted by Crippen LogP contribution is 2.01. The second-order valence-corrected chi connectivity index (χ2v) is 5.13. The summed E-state index contributed by atoms with van der Waals surface area (Å²) in [6.07, 6.45) is 2.64. The first-order chi connectivity index (χ1) is 4.35. The average Bonchev–Trinajstić information content (AvgIpc) is 1.91. The minimum atomic E-state index is -0.682. The van der Waals surface area contributed by atoms with Gasteiger partial charge in [0, 0.05) is 0 Å². The van der Waals surface area contributed by atoms with Crippen LogP contribution >= 0.6 is 0 Å². The van der Waals surface area contributed by atoms with Crippen molar-refractivity contribution in [1.82, 2.24) is 0 Å². The molecule has 0 aromatic carbocycles. The molecule has 0 saturated carbocycles. The van der Waals surface area contributed by atoms with E-state index in [0.29, 0.717) is 0 Å². The predicted molar refractivity (Wildman–Crippen MR) is 47.3 cm³/mol. The van der Waals surface area contributed by atoms with Crippen LogP contribution < -0.4 is 0 Å². The van der Waals surface area contributed by atoms with E-state index in [-0.39, 0.29) is 0 Å². The molecule has 0 radical (unpaired) electrons. The zero-order valence-corrected chi connectivity index (χ0v) is 7.42. The minimum Gasteiger partial charge on any atom is -0.107 e. The second kappa shape index (κ2) is 5.83. The van der Waals surface area contributed by atoms with Gasteiger partial charge in [-0.15, -0.1) is 24.6 Å². The zero-order chi connectivity index (χ0) is 7.11. The van der Waals surface area contributed by atoms with Crippen LogP contribution in [0.5, 0.6) is 0 Å². The SMILES string of the molecule is C=C[SiH](C=C)CCCC. The van der Waals surface area contributed by atoms with E-state index in [1.165, 1.54) is 18.9 Å². The molecule has 0 aliphatic heterocycles. The molecule has 0 aliphatic rings. The van der Waals surface area contributed by atoms with Crippen LogP contribution in [-0.4, -0.2) is 8.80 Å². The van der Waals surface area contributed by atoms with Crippen LogP contribution in [0, 0.1) is 0 Å². The highest BCUT2D eigenvalue weighted by Gasteiger charge is 1.97. The van der Waals surface area contributed by atoms with Crippen molar-refractivity contribution in [3.63, 3.8) is 0 Å². The number of rotatable bonds is 5.